The summed E-state index contributed by atoms with van der Waals surface area (Å²) in [4.78, 5) is 19.0. The summed E-state index contributed by atoms with van der Waals surface area (Å²) >= 11 is 0. The second kappa shape index (κ2) is 5.01. The molecule has 2 aromatic heterocycles. The van der Waals surface area contributed by atoms with Gasteiger partial charge in [0.15, 0.2) is 0 Å². The maximum Gasteiger partial charge on any atom is 0.242 e. The van der Waals surface area contributed by atoms with Crippen LogP contribution in [0, 0.1) is 0 Å². The first kappa shape index (κ1) is 12.3. The van der Waals surface area contributed by atoms with E-state index in [9.17, 15) is 4.79 Å². The number of nitrogens with one attached hydrogen (secondary N) is 2. The van der Waals surface area contributed by atoms with Crippen molar-refractivity contribution in [2.75, 3.05) is 0 Å². The molecule has 0 saturated heterocycles. The average molecular weight is 248 g/mol. The van der Waals surface area contributed by atoms with Gasteiger partial charge in [-0.2, -0.15) is 5.10 Å². The quantitative estimate of drug-likeness (QED) is 0.710. The lowest BCUT2D eigenvalue weighted by Crippen LogP contribution is -2.35. The van der Waals surface area contributed by atoms with Gasteiger partial charge in [0.2, 0.25) is 5.91 Å². The molecule has 0 spiro atoms. The molecule has 0 aromatic carbocycles. The summed E-state index contributed by atoms with van der Waals surface area (Å²) < 4.78 is 1.61. The third-order valence-corrected chi connectivity index (χ3v) is 2.65. The van der Waals surface area contributed by atoms with Gasteiger partial charge in [-0.3, -0.25) is 9.48 Å². The summed E-state index contributed by atoms with van der Waals surface area (Å²) in [6, 6.07) is -0.939. The molecule has 2 rings (SSSR count). The zero-order chi connectivity index (χ0) is 13.1. The number of aromatic nitrogens is 4. The largest absolute Gasteiger partial charge is 0.347 e. The van der Waals surface area contributed by atoms with E-state index >= 15 is 0 Å². The molecule has 2 heterocycles. The van der Waals surface area contributed by atoms with E-state index < -0.39 is 6.04 Å². The Morgan fingerprint density at radius 1 is 1.61 bits per heavy atom. The summed E-state index contributed by atoms with van der Waals surface area (Å²) in [5.41, 5.74) is 6.54. The van der Waals surface area contributed by atoms with Gasteiger partial charge in [-0.15, -0.1) is 0 Å². The van der Waals surface area contributed by atoms with E-state index in [0.717, 1.165) is 0 Å². The molecule has 0 aliphatic rings. The Hall–Kier alpha value is -2.15. The molecule has 4 N–H and O–H groups in total. The molecular weight excluding hydrogens is 232 g/mol. The maximum atomic E-state index is 11.9. The number of carbonyl (C=O) groups excluding carboxylic acids is 1. The number of hydrogen-bond acceptors (Lipinski definition) is 4. The van der Waals surface area contributed by atoms with E-state index in [-0.39, 0.29) is 11.9 Å². The van der Waals surface area contributed by atoms with E-state index in [1.165, 1.54) is 0 Å². The van der Waals surface area contributed by atoms with Gasteiger partial charge in [-0.05, 0) is 6.92 Å². The number of nitrogens with two attached hydrogens (primary N) is 1. The molecule has 2 aromatic rings. The van der Waals surface area contributed by atoms with Crippen LogP contribution < -0.4 is 11.1 Å². The highest BCUT2D eigenvalue weighted by Gasteiger charge is 2.20. The topological polar surface area (TPSA) is 102 Å². The minimum Gasteiger partial charge on any atom is -0.347 e. The monoisotopic (exact) mass is 248 g/mol. The highest BCUT2D eigenvalue weighted by Crippen LogP contribution is 2.11. The van der Waals surface area contributed by atoms with Crippen LogP contribution in [-0.4, -0.2) is 25.7 Å². The fourth-order valence-electron chi connectivity index (χ4n) is 1.64. The first-order chi connectivity index (χ1) is 8.58. The van der Waals surface area contributed by atoms with Crippen LogP contribution in [0.15, 0.2) is 24.8 Å². The highest BCUT2D eigenvalue weighted by molar-refractivity contribution is 5.83. The molecule has 7 heteroatoms. The van der Waals surface area contributed by atoms with Crippen LogP contribution in [-0.2, 0) is 11.8 Å². The van der Waals surface area contributed by atoms with Crippen molar-refractivity contribution in [3.05, 3.63) is 36.2 Å². The second-order valence-corrected chi connectivity index (χ2v) is 4.13. The Bertz CT molecular complexity index is 517. The fourth-order valence-corrected chi connectivity index (χ4v) is 1.64. The number of rotatable bonds is 4. The van der Waals surface area contributed by atoms with Crippen molar-refractivity contribution in [3.8, 4) is 0 Å². The maximum absolute atomic E-state index is 11.9. The van der Waals surface area contributed by atoms with Crippen molar-refractivity contribution in [1.82, 2.24) is 25.1 Å². The number of aryl methyl sites for hydroxylation is 1. The number of imidazole rings is 1. The number of H-pyrrole nitrogens is 1. The molecule has 1 amide bonds. The smallest absolute Gasteiger partial charge is 0.242 e. The number of hydrogen-bond donors (Lipinski definition) is 3. The van der Waals surface area contributed by atoms with Crippen LogP contribution in [0.5, 0.6) is 0 Å². The summed E-state index contributed by atoms with van der Waals surface area (Å²) in [5.74, 6) is 0.439. The van der Waals surface area contributed by atoms with Crippen molar-refractivity contribution in [3.63, 3.8) is 0 Å². The normalized spacial score (nSPS) is 14.2. The lowest BCUT2D eigenvalue weighted by atomic mass is 10.1. The molecule has 0 bridgehead atoms. The first-order valence-electron chi connectivity index (χ1n) is 5.61. The number of amides is 1. The minimum atomic E-state index is -0.726. The summed E-state index contributed by atoms with van der Waals surface area (Å²) in [6.45, 7) is 1.84. The van der Waals surface area contributed by atoms with Crippen LogP contribution in [0.4, 0.5) is 0 Å². The standard InChI is InChI=1S/C11H16N6O/c1-7(10-13-3-4-14-10)16-11(18)9(12)8-5-15-17(2)6-8/h3-7,9H,12H2,1-2H3,(H,13,14)(H,16,18). The van der Waals surface area contributed by atoms with Crippen molar-refractivity contribution in [2.45, 2.75) is 19.0 Å². The molecular formula is C11H16N6O. The Labute approximate surface area is 104 Å². The van der Waals surface area contributed by atoms with Gasteiger partial charge < -0.3 is 16.0 Å². The number of aromatic amines is 1. The summed E-state index contributed by atoms with van der Waals surface area (Å²) in [6.07, 6.45) is 6.65. The lowest BCUT2D eigenvalue weighted by molar-refractivity contribution is -0.123. The van der Waals surface area contributed by atoms with E-state index in [1.54, 1.807) is 36.5 Å². The predicted octanol–water partition coefficient (Wildman–Crippen LogP) is 0.0204. The van der Waals surface area contributed by atoms with Gasteiger partial charge in [-0.25, -0.2) is 4.98 Å². The highest BCUT2D eigenvalue weighted by atomic mass is 16.2. The van der Waals surface area contributed by atoms with Crippen molar-refractivity contribution < 1.29 is 4.79 Å². The molecule has 0 saturated carbocycles. The third kappa shape index (κ3) is 2.57. The summed E-state index contributed by atoms with van der Waals surface area (Å²) in [7, 11) is 1.78. The number of carbonyl (C=O) groups is 1. The Morgan fingerprint density at radius 3 is 2.94 bits per heavy atom. The molecule has 0 radical (unpaired) electrons. The van der Waals surface area contributed by atoms with Crippen LogP contribution in [0.25, 0.3) is 0 Å². The molecule has 0 aliphatic heterocycles. The van der Waals surface area contributed by atoms with Crippen molar-refractivity contribution >= 4 is 5.91 Å². The van der Waals surface area contributed by atoms with Gasteiger partial charge >= 0.3 is 0 Å². The molecule has 7 nitrogen and oxygen atoms in total. The molecule has 18 heavy (non-hydrogen) atoms. The molecule has 2 unspecified atom stereocenters. The molecule has 2 atom stereocenters. The van der Waals surface area contributed by atoms with Crippen LogP contribution >= 0.6 is 0 Å². The zero-order valence-electron chi connectivity index (χ0n) is 10.3. The zero-order valence-corrected chi connectivity index (χ0v) is 10.3. The van der Waals surface area contributed by atoms with Crippen molar-refractivity contribution in [2.24, 2.45) is 12.8 Å². The van der Waals surface area contributed by atoms with Crippen LogP contribution in [0.2, 0.25) is 0 Å². The fraction of sp³-hybridized carbons (Fsp3) is 0.364. The van der Waals surface area contributed by atoms with Crippen molar-refractivity contribution in [1.29, 1.82) is 0 Å². The van der Waals surface area contributed by atoms with E-state index in [1.807, 2.05) is 6.92 Å². The predicted molar refractivity (Wildman–Crippen MR) is 65.3 cm³/mol. The minimum absolute atomic E-state index is 0.213. The van der Waals surface area contributed by atoms with Gasteiger partial charge in [0, 0.05) is 31.2 Å². The Balaban J connectivity index is 1.99. The molecule has 0 aliphatic carbocycles. The summed E-state index contributed by atoms with van der Waals surface area (Å²) in [5, 5.41) is 6.78. The first-order valence-corrected chi connectivity index (χ1v) is 5.61. The molecule has 96 valence electrons. The van der Waals surface area contributed by atoms with Gasteiger partial charge in [0.25, 0.3) is 0 Å². The van der Waals surface area contributed by atoms with E-state index in [4.69, 9.17) is 5.73 Å². The average Bonchev–Trinajstić information content (AvgIpc) is 2.98. The lowest BCUT2D eigenvalue weighted by Gasteiger charge is -2.15. The second-order valence-electron chi connectivity index (χ2n) is 4.13. The van der Waals surface area contributed by atoms with E-state index in [0.29, 0.717) is 11.4 Å². The van der Waals surface area contributed by atoms with Gasteiger partial charge in [0.05, 0.1) is 12.2 Å². The third-order valence-electron chi connectivity index (χ3n) is 2.65. The molecule has 0 fully saturated rings. The van der Waals surface area contributed by atoms with Gasteiger partial charge in [0.1, 0.15) is 11.9 Å². The van der Waals surface area contributed by atoms with Gasteiger partial charge in [-0.1, -0.05) is 0 Å². The van der Waals surface area contributed by atoms with E-state index in [2.05, 4.69) is 20.4 Å². The number of nitrogens with zero attached hydrogens (tertiary/aromatic N) is 3. The van der Waals surface area contributed by atoms with Crippen LogP contribution in [0.1, 0.15) is 30.4 Å². The Kier molecular flexibility index (Phi) is 3.42. The SMILES string of the molecule is CC(NC(=O)C(N)c1cnn(C)c1)c1ncc[nH]1. The Morgan fingerprint density at radius 2 is 2.39 bits per heavy atom. The van der Waals surface area contributed by atoms with Crippen LogP contribution in [0.3, 0.4) is 0 Å².